The van der Waals surface area contributed by atoms with Gasteiger partial charge in [0.1, 0.15) is 17.8 Å². The standard InChI is InChI=1S/C25H36N6/c1-2-21-17-31(25-23(21)24(26)29-18-30-25)22-10-9-20(15-22)16-28-13-6-12-27-14-11-19-7-4-3-5-8-19/h3-5,7-8,17-18,20,22,27-28H,2,6,9-16H2,1H3,(H2,26,29,30). The molecular weight excluding hydrogens is 384 g/mol. The Kier molecular flexibility index (Phi) is 7.54. The Balaban J connectivity index is 1.16. The average Bonchev–Trinajstić information content (AvgIpc) is 3.41. The van der Waals surface area contributed by atoms with Crippen LogP contribution in [0.15, 0.2) is 42.9 Å². The van der Waals surface area contributed by atoms with Gasteiger partial charge in [0, 0.05) is 12.2 Å². The molecule has 2 atom stereocenters. The van der Waals surface area contributed by atoms with Gasteiger partial charge in [-0.05, 0) is 81.7 Å². The van der Waals surface area contributed by atoms with Crippen LogP contribution in [0.4, 0.5) is 5.82 Å². The monoisotopic (exact) mass is 420 g/mol. The quantitative estimate of drug-likeness (QED) is 0.412. The van der Waals surface area contributed by atoms with Gasteiger partial charge in [-0.3, -0.25) is 0 Å². The van der Waals surface area contributed by atoms with Crippen LogP contribution >= 0.6 is 0 Å². The van der Waals surface area contributed by atoms with Gasteiger partial charge < -0.3 is 20.9 Å². The summed E-state index contributed by atoms with van der Waals surface area (Å²) >= 11 is 0. The van der Waals surface area contributed by atoms with Crippen molar-refractivity contribution < 1.29 is 0 Å². The highest BCUT2D eigenvalue weighted by Gasteiger charge is 2.27. The maximum absolute atomic E-state index is 6.15. The first-order valence-corrected chi connectivity index (χ1v) is 11.8. The van der Waals surface area contributed by atoms with Crippen molar-refractivity contribution in [3.8, 4) is 0 Å². The van der Waals surface area contributed by atoms with Gasteiger partial charge in [-0.1, -0.05) is 37.3 Å². The van der Waals surface area contributed by atoms with E-state index in [2.05, 4.69) is 68.6 Å². The van der Waals surface area contributed by atoms with E-state index >= 15 is 0 Å². The number of rotatable bonds is 11. The molecule has 1 aliphatic carbocycles. The molecular formula is C25H36N6. The molecule has 1 fully saturated rings. The van der Waals surface area contributed by atoms with E-state index in [1.807, 2.05) is 0 Å². The summed E-state index contributed by atoms with van der Waals surface area (Å²) in [6.07, 6.45) is 10.8. The number of nitrogen functional groups attached to an aromatic ring is 1. The number of nitrogens with zero attached hydrogens (tertiary/aromatic N) is 3. The van der Waals surface area contributed by atoms with Crippen LogP contribution in [0.25, 0.3) is 11.0 Å². The van der Waals surface area contributed by atoms with Gasteiger partial charge in [0.25, 0.3) is 0 Å². The topological polar surface area (TPSA) is 80.8 Å². The van der Waals surface area contributed by atoms with Gasteiger partial charge in [0.15, 0.2) is 0 Å². The van der Waals surface area contributed by atoms with Gasteiger partial charge in [0.2, 0.25) is 0 Å². The van der Waals surface area contributed by atoms with E-state index in [4.69, 9.17) is 5.73 Å². The van der Waals surface area contributed by atoms with Crippen molar-refractivity contribution in [3.05, 3.63) is 54.0 Å². The number of fused-ring (bicyclic) bond motifs is 1. The number of nitrogens with two attached hydrogens (primary N) is 1. The van der Waals surface area contributed by atoms with E-state index in [1.54, 1.807) is 6.33 Å². The second-order valence-corrected chi connectivity index (χ2v) is 8.75. The molecule has 4 rings (SSSR count). The van der Waals surface area contributed by atoms with E-state index in [-0.39, 0.29) is 0 Å². The number of aryl methyl sites for hydroxylation is 1. The lowest BCUT2D eigenvalue weighted by Crippen LogP contribution is -2.26. The second-order valence-electron chi connectivity index (χ2n) is 8.75. The van der Waals surface area contributed by atoms with Gasteiger partial charge in [-0.15, -0.1) is 0 Å². The zero-order valence-corrected chi connectivity index (χ0v) is 18.7. The lowest BCUT2D eigenvalue weighted by molar-refractivity contribution is 0.452. The summed E-state index contributed by atoms with van der Waals surface area (Å²) in [5.74, 6) is 1.34. The molecule has 31 heavy (non-hydrogen) atoms. The molecule has 0 saturated heterocycles. The minimum Gasteiger partial charge on any atom is -0.383 e. The molecule has 1 aromatic carbocycles. The molecule has 0 aliphatic heterocycles. The molecule has 1 saturated carbocycles. The molecule has 2 unspecified atom stereocenters. The number of hydrogen-bond donors (Lipinski definition) is 3. The van der Waals surface area contributed by atoms with E-state index in [1.165, 1.54) is 36.8 Å². The fourth-order valence-corrected chi connectivity index (χ4v) is 4.87. The fourth-order valence-electron chi connectivity index (χ4n) is 4.87. The lowest BCUT2D eigenvalue weighted by Gasteiger charge is -2.15. The van der Waals surface area contributed by atoms with Crippen LogP contribution in [0.5, 0.6) is 0 Å². The summed E-state index contributed by atoms with van der Waals surface area (Å²) in [6.45, 7) is 6.48. The maximum atomic E-state index is 6.15. The molecule has 4 N–H and O–H groups in total. The zero-order chi connectivity index (χ0) is 21.5. The van der Waals surface area contributed by atoms with E-state index in [9.17, 15) is 0 Å². The van der Waals surface area contributed by atoms with Crippen LogP contribution in [0.2, 0.25) is 0 Å². The van der Waals surface area contributed by atoms with Gasteiger partial charge in [-0.25, -0.2) is 9.97 Å². The Bertz CT molecular complexity index is 951. The summed E-state index contributed by atoms with van der Waals surface area (Å²) in [5, 5.41) is 8.28. The van der Waals surface area contributed by atoms with E-state index < -0.39 is 0 Å². The average molecular weight is 421 g/mol. The summed E-state index contributed by atoms with van der Waals surface area (Å²) in [4.78, 5) is 8.76. The fraction of sp³-hybridized carbons (Fsp3) is 0.520. The van der Waals surface area contributed by atoms with Crippen LogP contribution < -0.4 is 16.4 Å². The number of nitrogens with one attached hydrogen (secondary N) is 2. The Morgan fingerprint density at radius 1 is 1.06 bits per heavy atom. The maximum Gasteiger partial charge on any atom is 0.146 e. The summed E-state index contributed by atoms with van der Waals surface area (Å²) < 4.78 is 2.36. The van der Waals surface area contributed by atoms with E-state index in [0.717, 1.165) is 56.0 Å². The Hall–Kier alpha value is -2.44. The van der Waals surface area contributed by atoms with Crippen LogP contribution in [0.1, 0.15) is 49.8 Å². The number of benzene rings is 1. The van der Waals surface area contributed by atoms with E-state index in [0.29, 0.717) is 11.9 Å². The van der Waals surface area contributed by atoms with Crippen molar-refractivity contribution >= 4 is 16.9 Å². The molecule has 0 spiro atoms. The molecule has 6 heteroatoms. The zero-order valence-electron chi connectivity index (χ0n) is 18.7. The minimum atomic E-state index is 0.517. The number of hydrogen-bond acceptors (Lipinski definition) is 5. The van der Waals surface area contributed by atoms with Gasteiger partial charge >= 0.3 is 0 Å². The summed E-state index contributed by atoms with van der Waals surface area (Å²) in [5.41, 5.74) is 9.81. The van der Waals surface area contributed by atoms with Gasteiger partial charge in [0.05, 0.1) is 5.39 Å². The molecule has 1 aliphatic rings. The summed E-state index contributed by atoms with van der Waals surface area (Å²) in [6, 6.07) is 11.2. The molecule has 166 valence electrons. The first kappa shape index (κ1) is 21.8. The highest BCUT2D eigenvalue weighted by atomic mass is 15.1. The normalized spacial score (nSPS) is 18.7. The Labute approximate surface area is 185 Å². The van der Waals surface area contributed by atoms with Crippen molar-refractivity contribution in [1.82, 2.24) is 25.2 Å². The molecule has 0 bridgehead atoms. The SMILES string of the molecule is CCc1cn(C2CCC(CNCCCNCCc3ccccc3)C2)c2ncnc(N)c12. The first-order chi connectivity index (χ1) is 15.3. The Morgan fingerprint density at radius 2 is 1.90 bits per heavy atom. The lowest BCUT2D eigenvalue weighted by atomic mass is 10.1. The largest absolute Gasteiger partial charge is 0.383 e. The third-order valence-corrected chi connectivity index (χ3v) is 6.58. The predicted octanol–water partition coefficient (Wildman–Crippen LogP) is 3.73. The predicted molar refractivity (Wildman–Crippen MR) is 128 cm³/mol. The molecule has 2 heterocycles. The third-order valence-electron chi connectivity index (χ3n) is 6.58. The number of aromatic nitrogens is 3. The van der Waals surface area contributed by atoms with Crippen LogP contribution in [0, 0.1) is 5.92 Å². The molecule has 0 radical (unpaired) electrons. The van der Waals surface area contributed by atoms with Crippen molar-refractivity contribution in [1.29, 1.82) is 0 Å². The van der Waals surface area contributed by atoms with Crippen molar-refractivity contribution in [2.75, 3.05) is 31.9 Å². The van der Waals surface area contributed by atoms with Crippen molar-refractivity contribution in [2.45, 2.75) is 51.5 Å². The second kappa shape index (κ2) is 10.7. The first-order valence-electron chi connectivity index (χ1n) is 11.8. The smallest absolute Gasteiger partial charge is 0.146 e. The highest BCUT2D eigenvalue weighted by Crippen LogP contribution is 2.37. The van der Waals surface area contributed by atoms with Crippen molar-refractivity contribution in [2.24, 2.45) is 5.92 Å². The third kappa shape index (κ3) is 5.43. The summed E-state index contributed by atoms with van der Waals surface area (Å²) in [7, 11) is 0. The highest BCUT2D eigenvalue weighted by molar-refractivity contribution is 5.89. The van der Waals surface area contributed by atoms with Crippen LogP contribution in [-0.2, 0) is 12.8 Å². The molecule has 0 amide bonds. The Morgan fingerprint density at radius 3 is 2.74 bits per heavy atom. The molecule has 3 aromatic rings. The van der Waals surface area contributed by atoms with Crippen LogP contribution in [-0.4, -0.2) is 40.7 Å². The van der Waals surface area contributed by atoms with Crippen LogP contribution in [0.3, 0.4) is 0 Å². The van der Waals surface area contributed by atoms with Gasteiger partial charge in [-0.2, -0.15) is 0 Å². The molecule has 6 nitrogen and oxygen atoms in total. The van der Waals surface area contributed by atoms with Crippen molar-refractivity contribution in [3.63, 3.8) is 0 Å². The molecule has 2 aromatic heterocycles. The minimum absolute atomic E-state index is 0.517. The number of anilines is 1.